The van der Waals surface area contributed by atoms with Crippen LogP contribution in [-0.2, 0) is 0 Å². The number of likely N-dealkylation sites (tertiary alicyclic amines) is 1. The molecule has 0 radical (unpaired) electrons. The fraction of sp³-hybridized carbons (Fsp3) is 0.267. The van der Waals surface area contributed by atoms with Gasteiger partial charge in [0, 0.05) is 37.1 Å². The van der Waals surface area contributed by atoms with E-state index in [0.717, 1.165) is 5.69 Å². The number of rotatable bonds is 3. The van der Waals surface area contributed by atoms with Crippen LogP contribution in [0.5, 0.6) is 5.88 Å². The third kappa shape index (κ3) is 2.22. The molecule has 1 fully saturated rings. The van der Waals surface area contributed by atoms with Gasteiger partial charge in [-0.15, -0.1) is 0 Å². The smallest absolute Gasteiger partial charge is 0.259 e. The molecule has 0 aromatic carbocycles. The molecule has 1 aliphatic rings. The van der Waals surface area contributed by atoms with Gasteiger partial charge in [-0.3, -0.25) is 9.78 Å². The zero-order valence-corrected chi connectivity index (χ0v) is 11.2. The lowest BCUT2D eigenvalue weighted by Gasteiger charge is -2.39. The summed E-state index contributed by atoms with van der Waals surface area (Å²) < 4.78 is 5.13. The van der Waals surface area contributed by atoms with Crippen molar-refractivity contribution >= 4 is 5.91 Å². The number of hydrogen-bond acceptors (Lipinski definition) is 4. The van der Waals surface area contributed by atoms with Crippen molar-refractivity contribution in [1.29, 1.82) is 0 Å². The summed E-state index contributed by atoms with van der Waals surface area (Å²) >= 11 is 0. The number of hydrogen-bond donors (Lipinski definition) is 0. The Hall–Kier alpha value is -2.43. The Bertz CT molecular complexity index is 610. The first kappa shape index (κ1) is 12.6. The average Bonchev–Trinajstić information content (AvgIpc) is 2.46. The van der Waals surface area contributed by atoms with E-state index in [-0.39, 0.29) is 5.91 Å². The van der Waals surface area contributed by atoms with Gasteiger partial charge in [-0.25, -0.2) is 4.98 Å². The summed E-state index contributed by atoms with van der Waals surface area (Å²) in [6.07, 6.45) is 3.40. The van der Waals surface area contributed by atoms with Crippen molar-refractivity contribution in [2.24, 2.45) is 0 Å². The van der Waals surface area contributed by atoms with Crippen molar-refractivity contribution in [3.05, 3.63) is 54.0 Å². The van der Waals surface area contributed by atoms with Crippen molar-refractivity contribution in [2.45, 2.75) is 5.92 Å². The molecule has 0 aliphatic carbocycles. The highest BCUT2D eigenvalue weighted by molar-refractivity contribution is 5.96. The minimum atomic E-state index is -0.0397. The number of ether oxygens (including phenoxy) is 1. The Morgan fingerprint density at radius 3 is 2.70 bits per heavy atom. The van der Waals surface area contributed by atoms with Gasteiger partial charge in [0.2, 0.25) is 5.88 Å². The molecule has 0 spiro atoms. The monoisotopic (exact) mass is 269 g/mol. The first-order valence-electron chi connectivity index (χ1n) is 6.49. The molecule has 102 valence electrons. The van der Waals surface area contributed by atoms with Crippen LogP contribution in [0, 0.1) is 0 Å². The maximum atomic E-state index is 12.4. The van der Waals surface area contributed by atoms with Crippen molar-refractivity contribution in [1.82, 2.24) is 14.9 Å². The third-order valence-corrected chi connectivity index (χ3v) is 3.47. The molecule has 20 heavy (non-hydrogen) atoms. The Kier molecular flexibility index (Phi) is 3.33. The molecular formula is C15H15N3O2. The lowest BCUT2D eigenvalue weighted by atomic mass is 9.95. The highest BCUT2D eigenvalue weighted by Crippen LogP contribution is 2.28. The number of amides is 1. The molecule has 1 aliphatic heterocycles. The van der Waals surface area contributed by atoms with E-state index < -0.39 is 0 Å². The normalized spacial score (nSPS) is 14.8. The van der Waals surface area contributed by atoms with E-state index in [2.05, 4.69) is 9.97 Å². The van der Waals surface area contributed by atoms with Crippen LogP contribution in [0.4, 0.5) is 0 Å². The summed E-state index contributed by atoms with van der Waals surface area (Å²) in [5.74, 6) is 0.656. The number of aromatic nitrogens is 2. The highest BCUT2D eigenvalue weighted by atomic mass is 16.5. The van der Waals surface area contributed by atoms with Crippen LogP contribution in [-0.4, -0.2) is 41.0 Å². The molecule has 2 aromatic heterocycles. The van der Waals surface area contributed by atoms with Crippen LogP contribution in [0.2, 0.25) is 0 Å². The van der Waals surface area contributed by atoms with Gasteiger partial charge in [0.05, 0.1) is 7.11 Å². The van der Waals surface area contributed by atoms with Crippen LogP contribution in [0.15, 0.2) is 42.7 Å². The maximum Gasteiger partial charge on any atom is 0.259 e. The number of methoxy groups -OCH3 is 1. The van der Waals surface area contributed by atoms with E-state index >= 15 is 0 Å². The summed E-state index contributed by atoms with van der Waals surface area (Å²) in [6.45, 7) is 1.38. The molecule has 0 unspecified atom stereocenters. The van der Waals surface area contributed by atoms with Gasteiger partial charge in [-0.05, 0) is 24.3 Å². The van der Waals surface area contributed by atoms with Crippen LogP contribution in [0.25, 0.3) is 0 Å². The number of carbonyl (C=O) groups is 1. The van der Waals surface area contributed by atoms with E-state index in [1.807, 2.05) is 18.2 Å². The lowest BCUT2D eigenvalue weighted by molar-refractivity contribution is 0.0594. The van der Waals surface area contributed by atoms with Crippen molar-refractivity contribution in [3.8, 4) is 5.88 Å². The maximum absolute atomic E-state index is 12.4. The predicted octanol–water partition coefficient (Wildman–Crippen LogP) is 1.72. The molecule has 2 aromatic rings. The van der Waals surface area contributed by atoms with E-state index in [1.165, 1.54) is 7.11 Å². The van der Waals surface area contributed by atoms with Gasteiger partial charge in [0.25, 0.3) is 5.91 Å². The van der Waals surface area contributed by atoms with Gasteiger partial charge in [-0.2, -0.15) is 0 Å². The second-order valence-electron chi connectivity index (χ2n) is 4.72. The van der Waals surface area contributed by atoms with Gasteiger partial charge in [0.15, 0.2) is 0 Å². The largest absolute Gasteiger partial charge is 0.480 e. The third-order valence-electron chi connectivity index (χ3n) is 3.47. The number of nitrogens with zero attached hydrogens (tertiary/aromatic N) is 3. The standard InChI is InChI=1S/C15H15N3O2/c1-20-14-12(5-4-8-17-14)15(19)18-9-11(10-18)13-6-2-3-7-16-13/h2-8,11H,9-10H2,1H3. The Morgan fingerprint density at radius 1 is 1.20 bits per heavy atom. The number of pyridine rings is 2. The molecule has 0 atom stereocenters. The molecule has 0 N–H and O–H groups in total. The van der Waals surface area contributed by atoms with Crippen LogP contribution in [0.3, 0.4) is 0 Å². The van der Waals surface area contributed by atoms with E-state index in [9.17, 15) is 4.79 Å². The van der Waals surface area contributed by atoms with Gasteiger partial charge in [0.1, 0.15) is 5.56 Å². The summed E-state index contributed by atoms with van der Waals surface area (Å²) in [5.41, 5.74) is 1.55. The molecule has 0 bridgehead atoms. The van der Waals surface area contributed by atoms with E-state index in [0.29, 0.717) is 30.5 Å². The molecule has 0 saturated carbocycles. The van der Waals surface area contributed by atoms with E-state index in [1.54, 1.807) is 29.4 Å². The van der Waals surface area contributed by atoms with Gasteiger partial charge < -0.3 is 9.64 Å². The first-order valence-corrected chi connectivity index (χ1v) is 6.49. The Balaban J connectivity index is 1.69. The summed E-state index contributed by atoms with van der Waals surface area (Å²) in [7, 11) is 1.52. The topological polar surface area (TPSA) is 55.3 Å². The summed E-state index contributed by atoms with van der Waals surface area (Å²) in [5, 5.41) is 0. The lowest BCUT2D eigenvalue weighted by Crippen LogP contribution is -2.48. The minimum absolute atomic E-state index is 0.0397. The van der Waals surface area contributed by atoms with Crippen LogP contribution >= 0.6 is 0 Å². The Labute approximate surface area is 117 Å². The molecule has 3 heterocycles. The highest BCUT2D eigenvalue weighted by Gasteiger charge is 2.34. The average molecular weight is 269 g/mol. The van der Waals surface area contributed by atoms with Crippen LogP contribution in [0.1, 0.15) is 22.0 Å². The molecule has 5 nitrogen and oxygen atoms in total. The second-order valence-corrected chi connectivity index (χ2v) is 4.72. The van der Waals surface area contributed by atoms with Gasteiger partial charge in [-0.1, -0.05) is 6.07 Å². The zero-order valence-electron chi connectivity index (χ0n) is 11.2. The van der Waals surface area contributed by atoms with Crippen molar-refractivity contribution in [3.63, 3.8) is 0 Å². The predicted molar refractivity (Wildman–Crippen MR) is 73.7 cm³/mol. The number of carbonyl (C=O) groups excluding carboxylic acids is 1. The fourth-order valence-corrected chi connectivity index (χ4v) is 2.34. The van der Waals surface area contributed by atoms with Crippen molar-refractivity contribution < 1.29 is 9.53 Å². The zero-order chi connectivity index (χ0) is 13.9. The molecular weight excluding hydrogens is 254 g/mol. The van der Waals surface area contributed by atoms with Crippen LogP contribution < -0.4 is 4.74 Å². The SMILES string of the molecule is COc1ncccc1C(=O)N1CC(c2ccccn2)C1. The first-order chi connectivity index (χ1) is 9.79. The quantitative estimate of drug-likeness (QED) is 0.851. The molecule has 1 saturated heterocycles. The second kappa shape index (κ2) is 5.28. The Morgan fingerprint density at radius 2 is 2.00 bits per heavy atom. The summed E-state index contributed by atoms with van der Waals surface area (Å²) in [6, 6.07) is 9.34. The molecule has 1 amide bonds. The van der Waals surface area contributed by atoms with E-state index in [4.69, 9.17) is 4.74 Å². The molecule has 5 heteroatoms. The minimum Gasteiger partial charge on any atom is -0.480 e. The van der Waals surface area contributed by atoms with Crippen molar-refractivity contribution in [2.75, 3.05) is 20.2 Å². The fourth-order valence-electron chi connectivity index (χ4n) is 2.34. The van der Waals surface area contributed by atoms with Gasteiger partial charge >= 0.3 is 0 Å². The summed E-state index contributed by atoms with van der Waals surface area (Å²) in [4.78, 5) is 22.5. The molecule has 3 rings (SSSR count).